The summed E-state index contributed by atoms with van der Waals surface area (Å²) >= 11 is 0. The quantitative estimate of drug-likeness (QED) is 0.790. The topological polar surface area (TPSA) is 72.5 Å². The molecule has 86 valence electrons. The van der Waals surface area contributed by atoms with Gasteiger partial charge in [-0.25, -0.2) is 0 Å². The summed E-state index contributed by atoms with van der Waals surface area (Å²) in [7, 11) is 1.62. The first-order chi connectivity index (χ1) is 7.61. The van der Waals surface area contributed by atoms with E-state index in [-0.39, 0.29) is 12.5 Å². The third-order valence-corrected chi connectivity index (χ3v) is 2.98. The second kappa shape index (κ2) is 4.14. The predicted molar refractivity (Wildman–Crippen MR) is 59.7 cm³/mol. The first-order valence-electron chi connectivity index (χ1n) is 5.26. The average Bonchev–Trinajstić information content (AvgIpc) is 2.59. The smallest absolute Gasteiger partial charge is 0.307 e. The molecule has 1 aliphatic carbocycles. The molecule has 1 aromatic carbocycles. The van der Waals surface area contributed by atoms with Gasteiger partial charge in [-0.1, -0.05) is 6.07 Å². The molecule has 1 atom stereocenters. The lowest BCUT2D eigenvalue weighted by atomic mass is 10.00. The van der Waals surface area contributed by atoms with Crippen molar-refractivity contribution in [3.8, 4) is 5.75 Å². The van der Waals surface area contributed by atoms with Crippen LogP contribution >= 0.6 is 0 Å². The van der Waals surface area contributed by atoms with E-state index in [1.54, 1.807) is 7.11 Å². The number of fused-ring (bicyclic) bond motifs is 1. The van der Waals surface area contributed by atoms with Gasteiger partial charge in [-0.05, 0) is 35.6 Å². The highest BCUT2D eigenvalue weighted by Crippen LogP contribution is 2.32. The molecule has 2 rings (SSSR count). The van der Waals surface area contributed by atoms with E-state index in [1.807, 2.05) is 12.1 Å². The Morgan fingerprint density at radius 1 is 1.50 bits per heavy atom. The second-order valence-corrected chi connectivity index (χ2v) is 4.12. The Bertz CT molecular complexity index is 429. The van der Waals surface area contributed by atoms with E-state index in [2.05, 4.69) is 0 Å². The minimum Gasteiger partial charge on any atom is -0.496 e. The van der Waals surface area contributed by atoms with E-state index in [1.165, 1.54) is 0 Å². The van der Waals surface area contributed by atoms with Gasteiger partial charge in [0.05, 0.1) is 13.5 Å². The van der Waals surface area contributed by atoms with E-state index in [9.17, 15) is 4.79 Å². The molecule has 0 saturated heterocycles. The molecule has 16 heavy (non-hydrogen) atoms. The molecule has 0 aromatic heterocycles. The molecule has 1 aromatic rings. The van der Waals surface area contributed by atoms with Crippen LogP contribution in [0.3, 0.4) is 0 Å². The molecule has 0 saturated carbocycles. The first-order valence-corrected chi connectivity index (χ1v) is 5.26. The number of carboxylic acids is 1. The second-order valence-electron chi connectivity index (χ2n) is 4.12. The zero-order valence-electron chi connectivity index (χ0n) is 9.19. The molecule has 0 aliphatic heterocycles. The van der Waals surface area contributed by atoms with Crippen molar-refractivity contribution in [2.24, 2.45) is 5.73 Å². The van der Waals surface area contributed by atoms with E-state index in [0.717, 1.165) is 35.3 Å². The summed E-state index contributed by atoms with van der Waals surface area (Å²) in [5.74, 6) is 0.00456. The number of hydrogen-bond acceptors (Lipinski definition) is 3. The van der Waals surface area contributed by atoms with E-state index in [4.69, 9.17) is 15.6 Å². The molecular formula is C12H15NO3. The third kappa shape index (κ3) is 1.88. The Labute approximate surface area is 94.0 Å². The molecular weight excluding hydrogens is 206 g/mol. The van der Waals surface area contributed by atoms with Crippen molar-refractivity contribution in [3.63, 3.8) is 0 Å². The fourth-order valence-corrected chi connectivity index (χ4v) is 2.31. The van der Waals surface area contributed by atoms with Gasteiger partial charge in [-0.3, -0.25) is 4.79 Å². The first kappa shape index (κ1) is 11.0. The molecule has 1 aliphatic rings. The van der Waals surface area contributed by atoms with Crippen LogP contribution in [0.15, 0.2) is 12.1 Å². The summed E-state index contributed by atoms with van der Waals surface area (Å²) in [5.41, 5.74) is 8.90. The maximum Gasteiger partial charge on any atom is 0.307 e. The number of ether oxygens (including phenoxy) is 1. The van der Waals surface area contributed by atoms with Gasteiger partial charge in [0.15, 0.2) is 0 Å². The summed E-state index contributed by atoms with van der Waals surface area (Å²) in [6.45, 7) is 0. The molecule has 1 unspecified atom stereocenters. The van der Waals surface area contributed by atoms with Crippen LogP contribution < -0.4 is 10.5 Å². The number of aliphatic carboxylic acids is 1. The number of carbonyl (C=O) groups is 1. The van der Waals surface area contributed by atoms with Gasteiger partial charge in [-0.2, -0.15) is 0 Å². The third-order valence-electron chi connectivity index (χ3n) is 2.98. The lowest BCUT2D eigenvalue weighted by molar-refractivity contribution is -0.136. The van der Waals surface area contributed by atoms with Crippen LogP contribution in [-0.2, 0) is 24.1 Å². The van der Waals surface area contributed by atoms with Gasteiger partial charge in [0.2, 0.25) is 0 Å². The van der Waals surface area contributed by atoms with Crippen molar-refractivity contribution >= 4 is 5.97 Å². The SMILES string of the molecule is COc1ccc(CC(=O)O)c2c1CC(N)C2. The van der Waals surface area contributed by atoms with Crippen molar-refractivity contribution in [3.05, 3.63) is 28.8 Å². The maximum atomic E-state index is 10.7. The van der Waals surface area contributed by atoms with Crippen LogP contribution in [0, 0.1) is 0 Å². The van der Waals surface area contributed by atoms with Gasteiger partial charge >= 0.3 is 5.97 Å². The summed E-state index contributed by atoms with van der Waals surface area (Å²) in [5, 5.41) is 8.83. The number of hydrogen-bond donors (Lipinski definition) is 2. The minimum absolute atomic E-state index is 0.0546. The lowest BCUT2D eigenvalue weighted by Gasteiger charge is -2.10. The monoisotopic (exact) mass is 221 g/mol. The van der Waals surface area contributed by atoms with Gasteiger partial charge < -0.3 is 15.6 Å². The standard InChI is InChI=1S/C12H15NO3/c1-16-11-3-2-7(4-12(14)15)9-5-8(13)6-10(9)11/h2-3,8H,4-6,13H2,1H3,(H,14,15). The van der Waals surface area contributed by atoms with E-state index < -0.39 is 5.97 Å². The van der Waals surface area contributed by atoms with Crippen LogP contribution in [-0.4, -0.2) is 24.2 Å². The summed E-state index contributed by atoms with van der Waals surface area (Å²) in [6, 6.07) is 3.73. The highest BCUT2D eigenvalue weighted by Gasteiger charge is 2.25. The molecule has 0 bridgehead atoms. The minimum atomic E-state index is -0.812. The molecule has 0 spiro atoms. The predicted octanol–water partition coefficient (Wildman–Crippen LogP) is 0.748. The Kier molecular flexibility index (Phi) is 2.83. The van der Waals surface area contributed by atoms with E-state index >= 15 is 0 Å². The Morgan fingerprint density at radius 3 is 2.81 bits per heavy atom. The molecule has 4 nitrogen and oxygen atoms in total. The van der Waals surface area contributed by atoms with Crippen molar-refractivity contribution in [2.45, 2.75) is 25.3 Å². The number of nitrogens with two attached hydrogens (primary N) is 1. The Balaban J connectivity index is 2.43. The Hall–Kier alpha value is -1.55. The number of rotatable bonds is 3. The molecule has 4 heteroatoms. The van der Waals surface area contributed by atoms with Crippen LogP contribution in [0.4, 0.5) is 0 Å². The maximum absolute atomic E-state index is 10.7. The normalized spacial score (nSPS) is 18.2. The lowest BCUT2D eigenvalue weighted by Crippen LogP contribution is -2.19. The van der Waals surface area contributed by atoms with Crippen LogP contribution in [0.1, 0.15) is 16.7 Å². The van der Waals surface area contributed by atoms with Gasteiger partial charge in [-0.15, -0.1) is 0 Å². The molecule has 0 radical (unpaired) electrons. The average molecular weight is 221 g/mol. The number of carboxylic acid groups (broad SMARTS) is 1. The van der Waals surface area contributed by atoms with Gasteiger partial charge in [0, 0.05) is 6.04 Å². The van der Waals surface area contributed by atoms with Crippen LogP contribution in [0.25, 0.3) is 0 Å². The van der Waals surface area contributed by atoms with Gasteiger partial charge in [0.25, 0.3) is 0 Å². The molecule has 3 N–H and O–H groups in total. The van der Waals surface area contributed by atoms with Crippen molar-refractivity contribution in [2.75, 3.05) is 7.11 Å². The molecule has 0 fully saturated rings. The fraction of sp³-hybridized carbons (Fsp3) is 0.417. The van der Waals surface area contributed by atoms with Crippen molar-refractivity contribution in [1.82, 2.24) is 0 Å². The highest BCUT2D eigenvalue weighted by molar-refractivity contribution is 5.71. The van der Waals surface area contributed by atoms with Crippen molar-refractivity contribution in [1.29, 1.82) is 0 Å². The highest BCUT2D eigenvalue weighted by atomic mass is 16.5. The van der Waals surface area contributed by atoms with Crippen molar-refractivity contribution < 1.29 is 14.6 Å². The summed E-state index contributed by atoms with van der Waals surface area (Å²) in [4.78, 5) is 10.7. The summed E-state index contributed by atoms with van der Waals surface area (Å²) < 4.78 is 5.26. The van der Waals surface area contributed by atoms with Crippen LogP contribution in [0.5, 0.6) is 5.75 Å². The fourth-order valence-electron chi connectivity index (χ4n) is 2.31. The Morgan fingerprint density at radius 2 is 2.19 bits per heavy atom. The summed E-state index contributed by atoms with van der Waals surface area (Å²) in [6.07, 6.45) is 1.57. The zero-order valence-corrected chi connectivity index (χ0v) is 9.19. The number of methoxy groups -OCH3 is 1. The molecule has 0 amide bonds. The molecule has 0 heterocycles. The van der Waals surface area contributed by atoms with Crippen LogP contribution in [0.2, 0.25) is 0 Å². The largest absolute Gasteiger partial charge is 0.496 e. The van der Waals surface area contributed by atoms with E-state index in [0.29, 0.717) is 0 Å². The van der Waals surface area contributed by atoms with Gasteiger partial charge in [0.1, 0.15) is 5.75 Å². The number of benzene rings is 1. The zero-order chi connectivity index (χ0) is 11.7.